The molecule has 1 aromatic carbocycles. The van der Waals surface area contributed by atoms with Crippen LogP contribution < -0.4 is 4.74 Å². The highest BCUT2D eigenvalue weighted by Crippen LogP contribution is 2.22. The van der Waals surface area contributed by atoms with E-state index < -0.39 is 0 Å². The second-order valence-electron chi connectivity index (χ2n) is 4.42. The molecule has 98 valence electrons. The van der Waals surface area contributed by atoms with E-state index in [0.717, 1.165) is 22.7 Å². The summed E-state index contributed by atoms with van der Waals surface area (Å²) in [5.74, 6) is 1.40. The summed E-state index contributed by atoms with van der Waals surface area (Å²) >= 11 is 0. The van der Waals surface area contributed by atoms with Gasteiger partial charge in [0.15, 0.2) is 0 Å². The van der Waals surface area contributed by atoms with Crippen molar-refractivity contribution in [1.29, 1.82) is 0 Å². The topological polar surface area (TPSA) is 52.1 Å². The molecule has 0 radical (unpaired) electrons. The van der Waals surface area contributed by atoms with Gasteiger partial charge in [0.1, 0.15) is 17.4 Å². The zero-order chi connectivity index (χ0) is 13.8. The molecule has 2 aromatic rings. The van der Waals surface area contributed by atoms with Gasteiger partial charge < -0.3 is 4.74 Å². The SMILES string of the molecule is COc1cccc(-c2cc(C)nc(CC(C)=O)n2)c1. The van der Waals surface area contributed by atoms with Crippen LogP contribution in [0.1, 0.15) is 18.4 Å². The average molecular weight is 256 g/mol. The first kappa shape index (κ1) is 13.2. The van der Waals surface area contributed by atoms with E-state index in [1.165, 1.54) is 6.92 Å². The molecule has 1 aromatic heterocycles. The summed E-state index contributed by atoms with van der Waals surface area (Å²) in [6, 6.07) is 9.57. The number of hydrogen-bond donors (Lipinski definition) is 0. The fourth-order valence-corrected chi connectivity index (χ4v) is 1.86. The molecule has 0 unspecified atom stereocenters. The molecule has 19 heavy (non-hydrogen) atoms. The lowest BCUT2D eigenvalue weighted by Gasteiger charge is -2.07. The summed E-state index contributed by atoms with van der Waals surface area (Å²) in [6.45, 7) is 3.44. The molecule has 0 saturated carbocycles. The summed E-state index contributed by atoms with van der Waals surface area (Å²) < 4.78 is 5.20. The molecule has 0 saturated heterocycles. The molecule has 0 aliphatic rings. The van der Waals surface area contributed by atoms with Gasteiger partial charge in [-0.3, -0.25) is 4.79 Å². The Balaban J connectivity index is 2.43. The molecule has 0 atom stereocenters. The smallest absolute Gasteiger partial charge is 0.137 e. The third kappa shape index (κ3) is 3.37. The highest BCUT2D eigenvalue weighted by molar-refractivity contribution is 5.77. The van der Waals surface area contributed by atoms with Crippen molar-refractivity contribution < 1.29 is 9.53 Å². The van der Waals surface area contributed by atoms with Gasteiger partial charge in [0, 0.05) is 11.3 Å². The molecule has 4 nitrogen and oxygen atoms in total. The minimum atomic E-state index is 0.0576. The van der Waals surface area contributed by atoms with Gasteiger partial charge >= 0.3 is 0 Å². The number of ketones is 1. The average Bonchev–Trinajstić information content (AvgIpc) is 2.37. The fraction of sp³-hybridized carbons (Fsp3) is 0.267. The second-order valence-corrected chi connectivity index (χ2v) is 4.42. The first-order chi connectivity index (χ1) is 9.08. The molecule has 0 aliphatic heterocycles. The largest absolute Gasteiger partial charge is 0.497 e. The van der Waals surface area contributed by atoms with Gasteiger partial charge in [-0.1, -0.05) is 12.1 Å². The van der Waals surface area contributed by atoms with Gasteiger partial charge in [0.25, 0.3) is 0 Å². The normalized spacial score (nSPS) is 10.3. The van der Waals surface area contributed by atoms with Crippen LogP contribution in [0.4, 0.5) is 0 Å². The summed E-state index contributed by atoms with van der Waals surface area (Å²) in [7, 11) is 1.63. The van der Waals surface area contributed by atoms with Gasteiger partial charge in [-0.05, 0) is 32.0 Å². The zero-order valence-electron chi connectivity index (χ0n) is 11.3. The van der Waals surface area contributed by atoms with Crippen molar-refractivity contribution in [2.24, 2.45) is 0 Å². The zero-order valence-corrected chi connectivity index (χ0v) is 11.3. The highest BCUT2D eigenvalue weighted by atomic mass is 16.5. The van der Waals surface area contributed by atoms with Crippen LogP contribution in [-0.2, 0) is 11.2 Å². The number of aryl methyl sites for hydroxylation is 1. The quantitative estimate of drug-likeness (QED) is 0.843. The number of hydrogen-bond acceptors (Lipinski definition) is 4. The van der Waals surface area contributed by atoms with Crippen molar-refractivity contribution in [3.05, 3.63) is 41.9 Å². The Labute approximate surface area is 112 Å². The van der Waals surface area contributed by atoms with Crippen LogP contribution in [0.15, 0.2) is 30.3 Å². The van der Waals surface area contributed by atoms with Crippen molar-refractivity contribution in [3.8, 4) is 17.0 Å². The first-order valence-electron chi connectivity index (χ1n) is 6.07. The van der Waals surface area contributed by atoms with E-state index in [9.17, 15) is 4.79 Å². The molecule has 0 amide bonds. The molecule has 4 heteroatoms. The van der Waals surface area contributed by atoms with Crippen molar-refractivity contribution >= 4 is 5.78 Å². The van der Waals surface area contributed by atoms with Crippen LogP contribution in [0.25, 0.3) is 11.3 Å². The van der Waals surface area contributed by atoms with E-state index in [1.807, 2.05) is 37.3 Å². The Morgan fingerprint density at radius 3 is 2.74 bits per heavy atom. The molecule has 0 spiro atoms. The molecule has 0 bridgehead atoms. The Bertz CT molecular complexity index is 609. The van der Waals surface area contributed by atoms with Crippen LogP contribution in [0, 0.1) is 6.92 Å². The van der Waals surface area contributed by atoms with E-state index in [2.05, 4.69) is 9.97 Å². The number of aromatic nitrogens is 2. The summed E-state index contributed by atoms with van der Waals surface area (Å²) in [5.41, 5.74) is 2.61. The van der Waals surface area contributed by atoms with Crippen LogP contribution >= 0.6 is 0 Å². The number of methoxy groups -OCH3 is 1. The van der Waals surface area contributed by atoms with Crippen molar-refractivity contribution in [3.63, 3.8) is 0 Å². The van der Waals surface area contributed by atoms with Crippen molar-refractivity contribution in [2.75, 3.05) is 7.11 Å². The third-order valence-corrected chi connectivity index (χ3v) is 2.67. The van der Waals surface area contributed by atoms with Gasteiger partial charge in [0.2, 0.25) is 0 Å². The lowest BCUT2D eigenvalue weighted by molar-refractivity contribution is -0.116. The molecule has 0 N–H and O–H groups in total. The van der Waals surface area contributed by atoms with Gasteiger partial charge in [-0.25, -0.2) is 9.97 Å². The number of ether oxygens (including phenoxy) is 1. The summed E-state index contributed by atoms with van der Waals surface area (Å²) in [5, 5.41) is 0. The van der Waals surface area contributed by atoms with E-state index in [4.69, 9.17) is 4.74 Å². The second kappa shape index (κ2) is 5.61. The van der Waals surface area contributed by atoms with E-state index in [1.54, 1.807) is 7.11 Å². The summed E-state index contributed by atoms with van der Waals surface area (Å²) in [6.07, 6.45) is 0.263. The maximum atomic E-state index is 11.2. The van der Waals surface area contributed by atoms with E-state index in [-0.39, 0.29) is 12.2 Å². The summed E-state index contributed by atoms with van der Waals surface area (Å²) in [4.78, 5) is 19.9. The van der Waals surface area contributed by atoms with Crippen molar-refractivity contribution in [2.45, 2.75) is 20.3 Å². The van der Waals surface area contributed by atoms with Crippen LogP contribution in [0.5, 0.6) is 5.75 Å². The minimum absolute atomic E-state index is 0.0576. The molecule has 2 rings (SSSR count). The fourth-order valence-electron chi connectivity index (χ4n) is 1.86. The van der Waals surface area contributed by atoms with Crippen molar-refractivity contribution in [1.82, 2.24) is 9.97 Å². The number of benzene rings is 1. The molecule has 0 fully saturated rings. The molecule has 1 heterocycles. The lowest BCUT2D eigenvalue weighted by atomic mass is 10.1. The Kier molecular flexibility index (Phi) is 3.90. The maximum absolute atomic E-state index is 11.2. The number of nitrogens with zero attached hydrogens (tertiary/aromatic N) is 2. The molecule has 0 aliphatic carbocycles. The highest BCUT2D eigenvalue weighted by Gasteiger charge is 2.07. The van der Waals surface area contributed by atoms with E-state index >= 15 is 0 Å². The number of carbonyl (C=O) groups excluding carboxylic acids is 1. The first-order valence-corrected chi connectivity index (χ1v) is 6.07. The molecular formula is C15H16N2O2. The number of carbonyl (C=O) groups is 1. The predicted molar refractivity (Wildman–Crippen MR) is 73.1 cm³/mol. The number of rotatable bonds is 4. The number of Topliss-reactive ketones (excluding diaryl/α,β-unsaturated/α-hetero) is 1. The van der Waals surface area contributed by atoms with Gasteiger partial charge in [-0.15, -0.1) is 0 Å². The lowest BCUT2D eigenvalue weighted by Crippen LogP contribution is -2.04. The van der Waals surface area contributed by atoms with E-state index in [0.29, 0.717) is 5.82 Å². The Morgan fingerprint density at radius 2 is 2.05 bits per heavy atom. The van der Waals surface area contributed by atoms with Crippen LogP contribution in [0.2, 0.25) is 0 Å². The van der Waals surface area contributed by atoms with Gasteiger partial charge in [-0.2, -0.15) is 0 Å². The Morgan fingerprint density at radius 1 is 1.26 bits per heavy atom. The van der Waals surface area contributed by atoms with Crippen LogP contribution in [-0.4, -0.2) is 22.9 Å². The Hall–Kier alpha value is -2.23. The predicted octanol–water partition coefficient (Wildman–Crippen LogP) is 2.59. The standard InChI is InChI=1S/C15H16N2O2/c1-10-7-14(17-15(16-10)8-11(2)18)12-5-4-6-13(9-12)19-3/h4-7,9H,8H2,1-3H3. The minimum Gasteiger partial charge on any atom is -0.497 e. The maximum Gasteiger partial charge on any atom is 0.137 e. The van der Waals surface area contributed by atoms with Crippen LogP contribution in [0.3, 0.4) is 0 Å². The van der Waals surface area contributed by atoms with Gasteiger partial charge in [0.05, 0.1) is 19.2 Å². The monoisotopic (exact) mass is 256 g/mol. The molecular weight excluding hydrogens is 240 g/mol. The third-order valence-electron chi connectivity index (χ3n) is 2.67.